The zero-order valence-electron chi connectivity index (χ0n) is 13.8. The molecule has 3 rings (SSSR count). The Balaban J connectivity index is 1.73. The van der Waals surface area contributed by atoms with Crippen LogP contribution in [0.3, 0.4) is 0 Å². The molecule has 0 bridgehead atoms. The molecule has 134 valence electrons. The third-order valence-electron chi connectivity index (χ3n) is 3.52. The Morgan fingerprint density at radius 3 is 2.35 bits per heavy atom. The van der Waals surface area contributed by atoms with Crippen molar-refractivity contribution in [3.63, 3.8) is 0 Å². The van der Waals surface area contributed by atoms with Gasteiger partial charge in [0.1, 0.15) is 11.6 Å². The number of pyridine rings is 1. The van der Waals surface area contributed by atoms with Crippen molar-refractivity contribution in [1.29, 1.82) is 0 Å². The lowest BCUT2D eigenvalue weighted by molar-refractivity contribution is 0.414. The molecule has 0 saturated heterocycles. The average Bonchev–Trinajstić information content (AvgIpc) is 2.65. The molecule has 1 aromatic heterocycles. The summed E-state index contributed by atoms with van der Waals surface area (Å²) in [5.74, 6) is 1.13. The van der Waals surface area contributed by atoms with Gasteiger partial charge >= 0.3 is 0 Å². The molecule has 0 aliphatic carbocycles. The fourth-order valence-corrected chi connectivity index (χ4v) is 3.42. The van der Waals surface area contributed by atoms with Crippen LogP contribution in [0.5, 0.6) is 5.75 Å². The normalized spacial score (nSPS) is 11.0. The van der Waals surface area contributed by atoms with Crippen molar-refractivity contribution in [2.45, 2.75) is 4.90 Å². The van der Waals surface area contributed by atoms with Crippen LogP contribution in [0.1, 0.15) is 0 Å². The summed E-state index contributed by atoms with van der Waals surface area (Å²) < 4.78 is 32.3. The van der Waals surface area contributed by atoms with Gasteiger partial charge in [-0.1, -0.05) is 23.7 Å². The second-order valence-electron chi connectivity index (χ2n) is 5.32. The third-order valence-corrected chi connectivity index (χ3v) is 5.25. The summed E-state index contributed by atoms with van der Waals surface area (Å²) in [7, 11) is -2.18. The molecule has 26 heavy (non-hydrogen) atoms. The zero-order valence-corrected chi connectivity index (χ0v) is 15.4. The molecule has 2 N–H and O–H groups in total. The summed E-state index contributed by atoms with van der Waals surface area (Å²) in [6, 6.07) is 16.7. The van der Waals surface area contributed by atoms with Crippen LogP contribution in [0, 0.1) is 0 Å². The maximum atomic E-state index is 12.4. The lowest BCUT2D eigenvalue weighted by Crippen LogP contribution is -2.13. The first-order valence-electron chi connectivity index (χ1n) is 7.62. The smallest absolute Gasteiger partial charge is 0.261 e. The molecule has 0 amide bonds. The van der Waals surface area contributed by atoms with E-state index in [1.165, 1.54) is 25.4 Å². The van der Waals surface area contributed by atoms with E-state index < -0.39 is 10.0 Å². The molecule has 0 spiro atoms. The van der Waals surface area contributed by atoms with Crippen LogP contribution in [0.15, 0.2) is 71.8 Å². The molecular formula is C18H16ClN3O3S. The van der Waals surface area contributed by atoms with Crippen molar-refractivity contribution in [1.82, 2.24) is 4.98 Å². The molecule has 0 atom stereocenters. The van der Waals surface area contributed by atoms with Gasteiger partial charge in [-0.25, -0.2) is 13.4 Å². The summed E-state index contributed by atoms with van der Waals surface area (Å²) in [5.41, 5.74) is 1.07. The number of hydrogen-bond donors (Lipinski definition) is 2. The molecule has 3 aromatic rings. The van der Waals surface area contributed by atoms with E-state index in [1.807, 2.05) is 18.2 Å². The van der Waals surface area contributed by atoms with E-state index >= 15 is 0 Å². The predicted molar refractivity (Wildman–Crippen MR) is 103 cm³/mol. The van der Waals surface area contributed by atoms with Crippen LogP contribution in [-0.4, -0.2) is 20.5 Å². The van der Waals surface area contributed by atoms with E-state index in [1.54, 1.807) is 30.3 Å². The molecule has 0 aliphatic rings. The fraction of sp³-hybridized carbons (Fsp3) is 0.0556. The molecule has 1 heterocycles. The van der Waals surface area contributed by atoms with Gasteiger partial charge in [-0.15, -0.1) is 0 Å². The Hall–Kier alpha value is -2.77. The number of aromatic nitrogens is 1. The molecular weight excluding hydrogens is 374 g/mol. The van der Waals surface area contributed by atoms with Crippen molar-refractivity contribution < 1.29 is 13.2 Å². The van der Waals surface area contributed by atoms with Gasteiger partial charge < -0.3 is 10.1 Å². The van der Waals surface area contributed by atoms with Gasteiger partial charge in [-0.3, -0.25) is 4.72 Å². The van der Waals surface area contributed by atoms with E-state index in [0.717, 1.165) is 0 Å². The molecule has 0 radical (unpaired) electrons. The van der Waals surface area contributed by atoms with Crippen molar-refractivity contribution >= 4 is 38.8 Å². The standard InChI is InChI=1S/C18H16ClN3O3S/c1-25-14-7-9-15(10-8-14)26(23,24)22-13-6-11-18(20-12-13)21-17-5-3-2-4-16(17)19/h2-12,22H,1H3,(H,20,21). The Morgan fingerprint density at radius 2 is 1.73 bits per heavy atom. The number of sulfonamides is 1. The first-order valence-corrected chi connectivity index (χ1v) is 9.48. The quantitative estimate of drug-likeness (QED) is 0.657. The maximum absolute atomic E-state index is 12.4. The van der Waals surface area contributed by atoms with E-state index in [9.17, 15) is 8.42 Å². The summed E-state index contributed by atoms with van der Waals surface area (Å²) in [6.45, 7) is 0. The number of nitrogens with zero attached hydrogens (tertiary/aromatic N) is 1. The summed E-state index contributed by atoms with van der Waals surface area (Å²) >= 11 is 6.09. The number of nitrogens with one attached hydrogen (secondary N) is 2. The van der Waals surface area contributed by atoms with Crippen molar-refractivity contribution in [2.24, 2.45) is 0 Å². The largest absolute Gasteiger partial charge is 0.497 e. The molecule has 0 fully saturated rings. The minimum Gasteiger partial charge on any atom is -0.497 e. The highest BCUT2D eigenvalue weighted by Crippen LogP contribution is 2.25. The molecule has 2 aromatic carbocycles. The van der Waals surface area contributed by atoms with Gasteiger partial charge in [0.2, 0.25) is 0 Å². The second kappa shape index (κ2) is 7.63. The topological polar surface area (TPSA) is 80.3 Å². The van der Waals surface area contributed by atoms with Crippen molar-refractivity contribution in [3.8, 4) is 5.75 Å². The highest BCUT2D eigenvalue weighted by Gasteiger charge is 2.14. The number of ether oxygens (including phenoxy) is 1. The van der Waals surface area contributed by atoms with Crippen molar-refractivity contribution in [2.75, 3.05) is 17.1 Å². The number of hydrogen-bond acceptors (Lipinski definition) is 5. The highest BCUT2D eigenvalue weighted by molar-refractivity contribution is 7.92. The monoisotopic (exact) mass is 389 g/mol. The van der Waals surface area contributed by atoms with Gasteiger partial charge in [0, 0.05) is 0 Å². The lowest BCUT2D eigenvalue weighted by Gasteiger charge is -2.10. The van der Waals surface area contributed by atoms with Crippen LogP contribution < -0.4 is 14.8 Å². The predicted octanol–water partition coefficient (Wildman–Crippen LogP) is 4.29. The van der Waals surface area contributed by atoms with E-state index in [4.69, 9.17) is 16.3 Å². The third kappa shape index (κ3) is 4.25. The van der Waals surface area contributed by atoms with E-state index in [2.05, 4.69) is 15.0 Å². The number of rotatable bonds is 6. The van der Waals surface area contributed by atoms with Crippen LogP contribution >= 0.6 is 11.6 Å². The molecule has 6 nitrogen and oxygen atoms in total. The number of halogens is 1. The van der Waals surface area contributed by atoms with Gasteiger partial charge in [0.05, 0.1) is 34.6 Å². The number of anilines is 3. The minimum atomic E-state index is -3.70. The first-order chi connectivity index (χ1) is 12.5. The Labute approximate surface area is 156 Å². The van der Waals surface area contributed by atoms with Gasteiger partial charge in [0.15, 0.2) is 0 Å². The Kier molecular flexibility index (Phi) is 5.29. The van der Waals surface area contributed by atoms with Crippen LogP contribution in [0.4, 0.5) is 17.2 Å². The van der Waals surface area contributed by atoms with Crippen LogP contribution in [0.2, 0.25) is 5.02 Å². The zero-order chi connectivity index (χ0) is 18.6. The second-order valence-corrected chi connectivity index (χ2v) is 7.41. The molecule has 0 saturated carbocycles. The number of para-hydroxylation sites is 1. The number of benzene rings is 2. The average molecular weight is 390 g/mol. The van der Waals surface area contributed by atoms with Gasteiger partial charge in [-0.2, -0.15) is 0 Å². The Bertz CT molecular complexity index is 991. The summed E-state index contributed by atoms with van der Waals surface area (Å²) in [4.78, 5) is 4.34. The maximum Gasteiger partial charge on any atom is 0.261 e. The lowest BCUT2D eigenvalue weighted by atomic mass is 10.3. The summed E-state index contributed by atoms with van der Waals surface area (Å²) in [6.07, 6.45) is 1.43. The van der Waals surface area contributed by atoms with Gasteiger partial charge in [-0.05, 0) is 48.5 Å². The molecule has 8 heteroatoms. The SMILES string of the molecule is COc1ccc(S(=O)(=O)Nc2ccc(Nc3ccccc3Cl)nc2)cc1. The summed E-state index contributed by atoms with van der Waals surface area (Å²) in [5, 5.41) is 3.64. The van der Waals surface area contributed by atoms with Crippen molar-refractivity contribution in [3.05, 3.63) is 71.9 Å². The van der Waals surface area contributed by atoms with E-state index in [-0.39, 0.29) is 4.90 Å². The highest BCUT2D eigenvalue weighted by atomic mass is 35.5. The first kappa shape index (κ1) is 18.0. The number of methoxy groups -OCH3 is 1. The molecule has 0 aliphatic heterocycles. The van der Waals surface area contributed by atoms with Gasteiger partial charge in [0.25, 0.3) is 10.0 Å². The van der Waals surface area contributed by atoms with Crippen LogP contribution in [-0.2, 0) is 10.0 Å². The van der Waals surface area contributed by atoms with E-state index in [0.29, 0.717) is 28.0 Å². The minimum absolute atomic E-state index is 0.136. The molecule has 0 unspecified atom stereocenters. The fourth-order valence-electron chi connectivity index (χ4n) is 2.20. The van der Waals surface area contributed by atoms with Crippen LogP contribution in [0.25, 0.3) is 0 Å². The Morgan fingerprint density at radius 1 is 1.00 bits per heavy atom.